The van der Waals surface area contributed by atoms with Crippen LogP contribution in [0.25, 0.3) is 0 Å². The van der Waals surface area contributed by atoms with Crippen LogP contribution in [0.3, 0.4) is 0 Å². The van der Waals surface area contributed by atoms with E-state index in [1.165, 1.54) is 0 Å². The zero-order chi connectivity index (χ0) is 10.1. The number of nitrogens with zero attached hydrogens (tertiary/aromatic N) is 1. The van der Waals surface area contributed by atoms with Gasteiger partial charge in [-0.1, -0.05) is 27.7 Å². The molecule has 1 aromatic heterocycles. The van der Waals surface area contributed by atoms with E-state index in [1.807, 2.05) is 0 Å². The standard InChI is InChI=1S/C9H17N3S/c1-6(9(2,3)4)5-7-10-8(13)12-11-7/h6H,5H2,1-4H3,(H2,10,11,12,13). The lowest BCUT2D eigenvalue weighted by Gasteiger charge is -2.26. The number of hydrogen-bond donors (Lipinski definition) is 2. The van der Waals surface area contributed by atoms with Crippen molar-refractivity contribution in [1.82, 2.24) is 15.2 Å². The number of nitrogens with one attached hydrogen (secondary N) is 2. The maximum Gasteiger partial charge on any atom is 0.213 e. The fourth-order valence-electron chi connectivity index (χ4n) is 0.997. The van der Waals surface area contributed by atoms with Gasteiger partial charge in [0.1, 0.15) is 5.82 Å². The van der Waals surface area contributed by atoms with E-state index < -0.39 is 0 Å². The van der Waals surface area contributed by atoms with Gasteiger partial charge in [-0.3, -0.25) is 10.2 Å². The van der Waals surface area contributed by atoms with Gasteiger partial charge in [-0.25, -0.2) is 4.98 Å². The van der Waals surface area contributed by atoms with Crippen LogP contribution in [0.2, 0.25) is 0 Å². The summed E-state index contributed by atoms with van der Waals surface area (Å²) in [6.07, 6.45) is 0.941. The minimum Gasteiger partial charge on any atom is -0.286 e. The lowest BCUT2D eigenvalue weighted by molar-refractivity contribution is 0.257. The Hall–Kier alpha value is -0.640. The van der Waals surface area contributed by atoms with Crippen LogP contribution in [-0.2, 0) is 6.42 Å². The van der Waals surface area contributed by atoms with Gasteiger partial charge in [0.25, 0.3) is 0 Å². The summed E-state index contributed by atoms with van der Waals surface area (Å²) >= 11 is 4.88. The fraction of sp³-hybridized carbons (Fsp3) is 0.778. The molecule has 1 atom stereocenters. The first-order valence-corrected chi connectivity index (χ1v) is 4.94. The normalized spacial score (nSPS) is 14.5. The quantitative estimate of drug-likeness (QED) is 0.719. The van der Waals surface area contributed by atoms with E-state index in [0.717, 1.165) is 12.2 Å². The number of H-pyrrole nitrogens is 2. The Kier molecular flexibility index (Phi) is 2.91. The van der Waals surface area contributed by atoms with Crippen molar-refractivity contribution in [3.63, 3.8) is 0 Å². The molecule has 0 aromatic carbocycles. The Morgan fingerprint density at radius 1 is 1.38 bits per heavy atom. The molecular weight excluding hydrogens is 182 g/mol. The second-order valence-electron chi connectivity index (χ2n) is 4.58. The molecule has 1 aromatic rings. The summed E-state index contributed by atoms with van der Waals surface area (Å²) in [5, 5.41) is 5.77. The molecule has 4 heteroatoms. The van der Waals surface area contributed by atoms with Crippen molar-refractivity contribution in [1.29, 1.82) is 0 Å². The Morgan fingerprint density at radius 2 is 2.00 bits per heavy atom. The molecule has 0 aliphatic heterocycles. The lowest BCUT2D eigenvalue weighted by Crippen LogP contribution is -2.19. The maximum atomic E-state index is 4.88. The molecule has 0 saturated carbocycles. The Balaban J connectivity index is 2.65. The molecule has 0 amide bonds. The average Bonchev–Trinajstić information content (AvgIpc) is 2.33. The van der Waals surface area contributed by atoms with E-state index in [0.29, 0.717) is 16.1 Å². The zero-order valence-electron chi connectivity index (χ0n) is 8.64. The van der Waals surface area contributed by atoms with Gasteiger partial charge in [0, 0.05) is 6.42 Å². The lowest BCUT2D eigenvalue weighted by atomic mass is 9.80. The molecule has 0 spiro atoms. The molecular formula is C9H17N3S. The third-order valence-electron chi connectivity index (χ3n) is 2.53. The zero-order valence-corrected chi connectivity index (χ0v) is 9.46. The van der Waals surface area contributed by atoms with E-state index in [-0.39, 0.29) is 0 Å². The highest BCUT2D eigenvalue weighted by Crippen LogP contribution is 2.27. The molecule has 2 N–H and O–H groups in total. The molecule has 13 heavy (non-hydrogen) atoms. The van der Waals surface area contributed by atoms with E-state index in [9.17, 15) is 0 Å². The van der Waals surface area contributed by atoms with Crippen LogP contribution in [0.4, 0.5) is 0 Å². The molecule has 1 heterocycles. The highest BCUT2D eigenvalue weighted by atomic mass is 32.1. The smallest absolute Gasteiger partial charge is 0.213 e. The largest absolute Gasteiger partial charge is 0.286 e. The molecule has 74 valence electrons. The van der Waals surface area contributed by atoms with Crippen LogP contribution in [0, 0.1) is 16.1 Å². The number of aromatic amines is 2. The van der Waals surface area contributed by atoms with Gasteiger partial charge in [0.05, 0.1) is 0 Å². The van der Waals surface area contributed by atoms with Crippen molar-refractivity contribution in [2.24, 2.45) is 11.3 Å². The van der Waals surface area contributed by atoms with Crippen LogP contribution in [-0.4, -0.2) is 15.2 Å². The van der Waals surface area contributed by atoms with Gasteiger partial charge in [0.15, 0.2) is 0 Å². The minimum absolute atomic E-state index is 0.314. The Morgan fingerprint density at radius 3 is 2.38 bits per heavy atom. The predicted octanol–water partition coefficient (Wildman–Crippen LogP) is 2.69. The van der Waals surface area contributed by atoms with Crippen molar-refractivity contribution in [2.75, 3.05) is 0 Å². The van der Waals surface area contributed by atoms with Crippen molar-refractivity contribution in [2.45, 2.75) is 34.1 Å². The van der Waals surface area contributed by atoms with E-state index >= 15 is 0 Å². The van der Waals surface area contributed by atoms with Crippen molar-refractivity contribution in [3.8, 4) is 0 Å². The topological polar surface area (TPSA) is 44.5 Å². The summed E-state index contributed by atoms with van der Waals surface area (Å²) in [4.78, 5) is 4.17. The van der Waals surface area contributed by atoms with E-state index in [4.69, 9.17) is 12.2 Å². The van der Waals surface area contributed by atoms with Crippen molar-refractivity contribution < 1.29 is 0 Å². The van der Waals surface area contributed by atoms with E-state index in [2.05, 4.69) is 42.9 Å². The van der Waals surface area contributed by atoms with Gasteiger partial charge in [-0.15, -0.1) is 0 Å². The molecule has 0 saturated heterocycles. The first-order valence-electron chi connectivity index (χ1n) is 4.53. The molecule has 0 radical (unpaired) electrons. The van der Waals surface area contributed by atoms with Crippen molar-refractivity contribution >= 4 is 12.2 Å². The van der Waals surface area contributed by atoms with Gasteiger partial charge >= 0.3 is 0 Å². The summed E-state index contributed by atoms with van der Waals surface area (Å²) in [6, 6.07) is 0. The molecule has 0 aliphatic carbocycles. The Labute approximate surface area is 84.0 Å². The molecule has 0 aliphatic rings. The third kappa shape index (κ3) is 2.95. The van der Waals surface area contributed by atoms with Crippen LogP contribution < -0.4 is 0 Å². The Bertz CT molecular complexity index is 318. The first-order chi connectivity index (χ1) is 5.89. The second-order valence-corrected chi connectivity index (χ2v) is 4.97. The third-order valence-corrected chi connectivity index (χ3v) is 2.72. The van der Waals surface area contributed by atoms with Crippen LogP contribution in [0.15, 0.2) is 0 Å². The molecule has 1 unspecified atom stereocenters. The number of hydrogen-bond acceptors (Lipinski definition) is 2. The maximum absolute atomic E-state index is 4.88. The van der Waals surface area contributed by atoms with Crippen LogP contribution in [0.5, 0.6) is 0 Å². The molecule has 0 fully saturated rings. The SMILES string of the molecule is CC(Cc1nc(=S)[nH][nH]1)C(C)(C)C. The summed E-state index contributed by atoms with van der Waals surface area (Å²) in [5.41, 5.74) is 0.314. The minimum atomic E-state index is 0.314. The molecule has 1 rings (SSSR count). The molecule has 0 bridgehead atoms. The monoisotopic (exact) mass is 199 g/mol. The van der Waals surface area contributed by atoms with E-state index in [1.54, 1.807) is 0 Å². The molecule has 3 nitrogen and oxygen atoms in total. The fourth-order valence-corrected chi connectivity index (χ4v) is 1.16. The van der Waals surface area contributed by atoms with Crippen molar-refractivity contribution in [3.05, 3.63) is 10.6 Å². The predicted molar refractivity (Wildman–Crippen MR) is 56.1 cm³/mol. The summed E-state index contributed by atoms with van der Waals surface area (Å²) in [7, 11) is 0. The number of rotatable bonds is 2. The van der Waals surface area contributed by atoms with Gasteiger partial charge in [-0.05, 0) is 23.6 Å². The van der Waals surface area contributed by atoms with Gasteiger partial charge in [-0.2, -0.15) is 0 Å². The summed E-state index contributed by atoms with van der Waals surface area (Å²) < 4.78 is 0.538. The number of aromatic nitrogens is 3. The van der Waals surface area contributed by atoms with Crippen LogP contribution in [0.1, 0.15) is 33.5 Å². The second kappa shape index (κ2) is 3.62. The first kappa shape index (κ1) is 10.4. The van der Waals surface area contributed by atoms with Crippen LogP contribution >= 0.6 is 12.2 Å². The highest BCUT2D eigenvalue weighted by molar-refractivity contribution is 7.71. The summed E-state index contributed by atoms with van der Waals surface area (Å²) in [5.74, 6) is 1.54. The van der Waals surface area contributed by atoms with Gasteiger partial charge in [0.2, 0.25) is 4.77 Å². The summed E-state index contributed by atoms with van der Waals surface area (Å²) in [6.45, 7) is 8.93. The van der Waals surface area contributed by atoms with Gasteiger partial charge < -0.3 is 0 Å². The highest BCUT2D eigenvalue weighted by Gasteiger charge is 2.20. The average molecular weight is 199 g/mol.